The Labute approximate surface area is 171 Å². The lowest BCUT2D eigenvalue weighted by Gasteiger charge is -2.15. The molecule has 1 heterocycles. The van der Waals surface area contributed by atoms with Gasteiger partial charge in [0.15, 0.2) is 0 Å². The molecule has 8 nitrogen and oxygen atoms in total. The maximum atomic E-state index is 12.1. The van der Waals surface area contributed by atoms with Gasteiger partial charge in [0.2, 0.25) is 11.8 Å². The normalized spacial score (nSPS) is 16.8. The van der Waals surface area contributed by atoms with Gasteiger partial charge in [0.05, 0.1) is 12.6 Å². The van der Waals surface area contributed by atoms with Crippen molar-refractivity contribution in [3.05, 3.63) is 29.8 Å². The number of carbonyl (C=O) groups excluding carboxylic acids is 3. The highest BCUT2D eigenvalue weighted by Crippen LogP contribution is 2.16. The summed E-state index contributed by atoms with van der Waals surface area (Å²) in [5.41, 5.74) is 7.21. The number of ether oxygens (including phenoxy) is 1. The molecule has 0 spiro atoms. The molecule has 1 fully saturated rings. The Kier molecular flexibility index (Phi) is 9.92. The molecule has 1 aromatic rings. The highest BCUT2D eigenvalue weighted by atomic mass is 35.5. The van der Waals surface area contributed by atoms with Gasteiger partial charge in [-0.15, -0.1) is 12.4 Å². The molecule has 1 aliphatic rings. The van der Waals surface area contributed by atoms with Gasteiger partial charge in [-0.3, -0.25) is 14.4 Å². The zero-order valence-corrected chi connectivity index (χ0v) is 17.0. The Hall–Kier alpha value is -2.16. The average Bonchev–Trinajstić information content (AvgIpc) is 3.19. The summed E-state index contributed by atoms with van der Waals surface area (Å²) in [6.07, 6.45) is 1.23. The van der Waals surface area contributed by atoms with E-state index in [-0.39, 0.29) is 49.1 Å². The van der Waals surface area contributed by atoms with Gasteiger partial charge in [-0.1, -0.05) is 26.0 Å². The average molecular weight is 413 g/mol. The number of hydrogen-bond acceptors (Lipinski definition) is 5. The van der Waals surface area contributed by atoms with Crippen LogP contribution in [-0.4, -0.2) is 43.0 Å². The molecule has 0 bridgehead atoms. The Morgan fingerprint density at radius 3 is 2.64 bits per heavy atom. The van der Waals surface area contributed by atoms with Crippen molar-refractivity contribution in [2.45, 2.75) is 45.4 Å². The summed E-state index contributed by atoms with van der Waals surface area (Å²) >= 11 is 0. The summed E-state index contributed by atoms with van der Waals surface area (Å²) in [4.78, 5) is 35.7. The number of carbonyl (C=O) groups is 3. The zero-order chi connectivity index (χ0) is 19.8. The first kappa shape index (κ1) is 23.9. The Bertz CT molecular complexity index is 678. The number of nitrogens with two attached hydrogens (primary N) is 1. The van der Waals surface area contributed by atoms with Crippen LogP contribution in [0.4, 0.5) is 5.69 Å². The predicted octanol–water partition coefficient (Wildman–Crippen LogP) is 0.942. The molecule has 2 rings (SSSR count). The van der Waals surface area contributed by atoms with E-state index < -0.39 is 12.1 Å². The van der Waals surface area contributed by atoms with Crippen molar-refractivity contribution >= 4 is 35.8 Å². The van der Waals surface area contributed by atoms with Crippen molar-refractivity contribution in [1.29, 1.82) is 0 Å². The largest absolute Gasteiger partial charge is 0.368 e. The fourth-order valence-corrected chi connectivity index (χ4v) is 2.62. The van der Waals surface area contributed by atoms with E-state index in [0.717, 1.165) is 18.4 Å². The van der Waals surface area contributed by atoms with Crippen LogP contribution >= 0.6 is 12.4 Å². The van der Waals surface area contributed by atoms with Crippen LogP contribution in [0.25, 0.3) is 0 Å². The van der Waals surface area contributed by atoms with Crippen LogP contribution in [0.3, 0.4) is 0 Å². The molecule has 5 N–H and O–H groups in total. The van der Waals surface area contributed by atoms with Crippen molar-refractivity contribution in [3.8, 4) is 0 Å². The molecule has 156 valence electrons. The highest BCUT2D eigenvalue weighted by Gasteiger charge is 2.23. The number of benzene rings is 1. The van der Waals surface area contributed by atoms with Crippen molar-refractivity contribution in [2.24, 2.45) is 11.7 Å². The van der Waals surface area contributed by atoms with Crippen LogP contribution in [0.2, 0.25) is 0 Å². The molecule has 0 saturated carbocycles. The molecular formula is C19H29ClN4O4. The second kappa shape index (κ2) is 11.6. The summed E-state index contributed by atoms with van der Waals surface area (Å²) in [5, 5.41) is 8.08. The van der Waals surface area contributed by atoms with Crippen molar-refractivity contribution in [3.63, 3.8) is 0 Å². The molecule has 1 aliphatic heterocycles. The SMILES string of the molecule is CC(C)[C@H](N)C(=O)NCC(=O)NCc1cccc(NC(=O)C2CCCO2)c1.Cl. The summed E-state index contributed by atoms with van der Waals surface area (Å²) in [6.45, 7) is 4.45. The van der Waals surface area contributed by atoms with E-state index >= 15 is 0 Å². The third-order valence-corrected chi connectivity index (χ3v) is 4.35. The van der Waals surface area contributed by atoms with E-state index in [0.29, 0.717) is 12.3 Å². The summed E-state index contributed by atoms with van der Waals surface area (Å²) in [6, 6.07) is 6.58. The molecule has 28 heavy (non-hydrogen) atoms. The number of amides is 3. The standard InChI is InChI=1S/C19H28N4O4.ClH/c1-12(2)17(20)19(26)22-11-16(24)21-10-13-5-3-6-14(9-13)23-18(25)15-7-4-8-27-15;/h3,5-6,9,12,15,17H,4,7-8,10-11,20H2,1-2H3,(H,21,24)(H,22,26)(H,23,25);1H/t15?,17-;/m0./s1. The van der Waals surface area contributed by atoms with Crippen LogP contribution in [-0.2, 0) is 25.7 Å². The second-order valence-electron chi connectivity index (χ2n) is 6.96. The van der Waals surface area contributed by atoms with Crippen molar-refractivity contribution in [2.75, 3.05) is 18.5 Å². The minimum Gasteiger partial charge on any atom is -0.368 e. The molecule has 0 aromatic heterocycles. The van der Waals surface area contributed by atoms with Gasteiger partial charge in [-0.05, 0) is 36.5 Å². The van der Waals surface area contributed by atoms with E-state index in [1.807, 2.05) is 19.9 Å². The molecule has 9 heteroatoms. The maximum Gasteiger partial charge on any atom is 0.253 e. The third-order valence-electron chi connectivity index (χ3n) is 4.35. The maximum absolute atomic E-state index is 12.1. The number of anilines is 1. The summed E-state index contributed by atoms with van der Waals surface area (Å²) in [5.74, 6) is -0.814. The fraction of sp³-hybridized carbons (Fsp3) is 0.526. The Morgan fingerprint density at radius 1 is 1.25 bits per heavy atom. The molecule has 1 unspecified atom stereocenters. The van der Waals surface area contributed by atoms with E-state index in [2.05, 4.69) is 16.0 Å². The van der Waals surface area contributed by atoms with Crippen LogP contribution in [0, 0.1) is 5.92 Å². The van der Waals surface area contributed by atoms with Crippen molar-refractivity contribution in [1.82, 2.24) is 10.6 Å². The lowest BCUT2D eigenvalue weighted by atomic mass is 10.1. The number of hydrogen-bond donors (Lipinski definition) is 4. The van der Waals surface area contributed by atoms with Gasteiger partial charge < -0.3 is 26.4 Å². The highest BCUT2D eigenvalue weighted by molar-refractivity contribution is 5.94. The Balaban J connectivity index is 0.00000392. The molecule has 0 radical (unpaired) electrons. The van der Waals surface area contributed by atoms with Gasteiger partial charge in [0.25, 0.3) is 5.91 Å². The minimum atomic E-state index is -0.637. The molecule has 2 atom stereocenters. The van der Waals surface area contributed by atoms with E-state index in [1.165, 1.54) is 0 Å². The molecule has 1 aromatic carbocycles. The molecule has 3 amide bonds. The van der Waals surface area contributed by atoms with Gasteiger partial charge in [-0.2, -0.15) is 0 Å². The van der Waals surface area contributed by atoms with Crippen molar-refractivity contribution < 1.29 is 19.1 Å². The first-order chi connectivity index (χ1) is 12.9. The van der Waals surface area contributed by atoms with Crippen LogP contribution < -0.4 is 21.7 Å². The number of rotatable bonds is 8. The lowest BCUT2D eigenvalue weighted by Crippen LogP contribution is -2.47. The minimum absolute atomic E-state index is 0. The molecule has 1 saturated heterocycles. The second-order valence-corrected chi connectivity index (χ2v) is 6.96. The van der Waals surface area contributed by atoms with Gasteiger partial charge in [0.1, 0.15) is 6.10 Å². The summed E-state index contributed by atoms with van der Waals surface area (Å²) in [7, 11) is 0. The lowest BCUT2D eigenvalue weighted by molar-refractivity contribution is -0.127. The monoisotopic (exact) mass is 412 g/mol. The quantitative estimate of drug-likeness (QED) is 0.506. The Morgan fingerprint density at radius 2 is 2.00 bits per heavy atom. The van der Waals surface area contributed by atoms with Crippen LogP contribution in [0.1, 0.15) is 32.3 Å². The molecular weight excluding hydrogens is 384 g/mol. The zero-order valence-electron chi connectivity index (χ0n) is 16.2. The van der Waals surface area contributed by atoms with Gasteiger partial charge in [0, 0.05) is 18.8 Å². The first-order valence-electron chi connectivity index (χ1n) is 9.18. The fourth-order valence-electron chi connectivity index (χ4n) is 2.62. The van der Waals surface area contributed by atoms with Gasteiger partial charge in [-0.25, -0.2) is 0 Å². The number of halogens is 1. The van der Waals surface area contributed by atoms with Gasteiger partial charge >= 0.3 is 0 Å². The van der Waals surface area contributed by atoms with Crippen LogP contribution in [0.15, 0.2) is 24.3 Å². The van der Waals surface area contributed by atoms with E-state index in [9.17, 15) is 14.4 Å². The van der Waals surface area contributed by atoms with E-state index in [1.54, 1.807) is 18.2 Å². The molecule has 0 aliphatic carbocycles. The van der Waals surface area contributed by atoms with E-state index in [4.69, 9.17) is 10.5 Å². The topological polar surface area (TPSA) is 123 Å². The first-order valence-corrected chi connectivity index (χ1v) is 9.18. The number of nitrogens with one attached hydrogen (secondary N) is 3. The smallest absolute Gasteiger partial charge is 0.253 e. The summed E-state index contributed by atoms with van der Waals surface area (Å²) < 4.78 is 5.36. The van der Waals surface area contributed by atoms with Crippen LogP contribution in [0.5, 0.6) is 0 Å². The predicted molar refractivity (Wildman–Crippen MR) is 109 cm³/mol. The third kappa shape index (κ3) is 7.46.